The van der Waals surface area contributed by atoms with Crippen LogP contribution in [0.3, 0.4) is 0 Å². The van der Waals surface area contributed by atoms with Crippen LogP contribution in [0.5, 0.6) is 0 Å². The molecule has 4 amide bonds. The third-order valence-electron chi connectivity index (χ3n) is 4.99. The molecular weight excluding hydrogens is 354 g/mol. The average molecular weight is 377 g/mol. The largest absolute Gasteiger partial charge is 0.364 e. The molecule has 0 aliphatic carbocycles. The summed E-state index contributed by atoms with van der Waals surface area (Å²) in [5, 5.41) is 10.3. The second kappa shape index (κ2) is 6.97. The lowest BCUT2D eigenvalue weighted by molar-refractivity contribution is -0.152. The molecule has 3 heterocycles. The predicted octanol–water partition coefficient (Wildman–Crippen LogP) is -1.45. The number of hydrogen-bond acceptors (Lipinski definition) is 6. The summed E-state index contributed by atoms with van der Waals surface area (Å²) in [7, 11) is 0. The fraction of sp³-hybridized carbons (Fsp3) is 0.625. The van der Waals surface area contributed by atoms with Gasteiger partial charge in [0.15, 0.2) is 11.4 Å². The number of rotatable bonds is 5. The normalized spacial score (nSPS) is 25.3. The van der Waals surface area contributed by atoms with E-state index < -0.39 is 29.9 Å². The van der Waals surface area contributed by atoms with Crippen molar-refractivity contribution in [3.05, 3.63) is 11.4 Å². The number of hydrogen-bond donors (Lipinski definition) is 3. The fourth-order valence-electron chi connectivity index (χ4n) is 3.79. The molecule has 0 spiro atoms. The molecule has 2 aliphatic heterocycles. The quantitative estimate of drug-likeness (QED) is 0.568. The average Bonchev–Trinajstić information content (AvgIpc) is 3.04. The number of amides is 4. The standard InChI is InChI=1S/C16H23N7O4/c1-7(2)5-9-16(27)22-4-3-8(6-10(22)15(26)19-9)23-12(14(18)25)11(13(17)24)20-21-23/h7-10H,3-6H2,1-2H3,(H2,17,24)(H2,18,25)(H,19,26)/t8-,9-,10-/m0/s1. The molecule has 1 aromatic heterocycles. The van der Waals surface area contributed by atoms with Gasteiger partial charge in [-0.05, 0) is 25.2 Å². The minimum atomic E-state index is -0.908. The molecule has 1 aromatic rings. The molecule has 0 bridgehead atoms. The van der Waals surface area contributed by atoms with E-state index in [-0.39, 0.29) is 35.5 Å². The van der Waals surface area contributed by atoms with Gasteiger partial charge in [0.2, 0.25) is 11.8 Å². The Morgan fingerprint density at radius 3 is 2.56 bits per heavy atom. The number of carbonyl (C=O) groups is 4. The van der Waals surface area contributed by atoms with Crippen LogP contribution in [-0.2, 0) is 9.59 Å². The Morgan fingerprint density at radius 1 is 1.26 bits per heavy atom. The maximum atomic E-state index is 12.7. The van der Waals surface area contributed by atoms with Gasteiger partial charge in [0.05, 0.1) is 6.04 Å². The maximum absolute atomic E-state index is 12.7. The molecule has 0 unspecified atom stereocenters. The van der Waals surface area contributed by atoms with Crippen LogP contribution in [-0.4, -0.2) is 62.2 Å². The molecule has 3 rings (SSSR count). The highest BCUT2D eigenvalue weighted by Gasteiger charge is 2.45. The summed E-state index contributed by atoms with van der Waals surface area (Å²) >= 11 is 0. The first kappa shape index (κ1) is 18.8. The fourth-order valence-corrected chi connectivity index (χ4v) is 3.79. The summed E-state index contributed by atoms with van der Waals surface area (Å²) in [6.07, 6.45) is 1.27. The highest BCUT2D eigenvalue weighted by Crippen LogP contribution is 2.31. The van der Waals surface area contributed by atoms with Gasteiger partial charge in [0, 0.05) is 6.54 Å². The van der Waals surface area contributed by atoms with Gasteiger partial charge in [-0.15, -0.1) is 5.10 Å². The van der Waals surface area contributed by atoms with Crippen LogP contribution < -0.4 is 16.8 Å². The Morgan fingerprint density at radius 2 is 1.96 bits per heavy atom. The Labute approximate surface area is 155 Å². The number of piperidine rings is 1. The van der Waals surface area contributed by atoms with Crippen molar-refractivity contribution in [1.82, 2.24) is 25.2 Å². The Balaban J connectivity index is 1.84. The summed E-state index contributed by atoms with van der Waals surface area (Å²) in [6, 6.07) is -1.59. The number of nitrogens with one attached hydrogen (secondary N) is 1. The topological polar surface area (TPSA) is 166 Å². The summed E-state index contributed by atoms with van der Waals surface area (Å²) < 4.78 is 1.25. The van der Waals surface area contributed by atoms with E-state index in [4.69, 9.17) is 11.5 Å². The van der Waals surface area contributed by atoms with Crippen molar-refractivity contribution in [2.75, 3.05) is 6.54 Å². The molecule has 2 fully saturated rings. The van der Waals surface area contributed by atoms with E-state index in [0.29, 0.717) is 19.4 Å². The van der Waals surface area contributed by atoms with Crippen LogP contribution in [0.1, 0.15) is 60.1 Å². The molecule has 27 heavy (non-hydrogen) atoms. The number of aromatic nitrogens is 3. The Hall–Kier alpha value is -2.98. The van der Waals surface area contributed by atoms with Crippen LogP contribution in [0.4, 0.5) is 0 Å². The predicted molar refractivity (Wildman–Crippen MR) is 92.2 cm³/mol. The highest BCUT2D eigenvalue weighted by atomic mass is 16.2. The lowest BCUT2D eigenvalue weighted by atomic mass is 9.91. The molecule has 11 heteroatoms. The van der Waals surface area contributed by atoms with Crippen LogP contribution >= 0.6 is 0 Å². The van der Waals surface area contributed by atoms with Crippen molar-refractivity contribution < 1.29 is 19.2 Å². The lowest BCUT2D eigenvalue weighted by Crippen LogP contribution is -2.65. The smallest absolute Gasteiger partial charge is 0.271 e. The lowest BCUT2D eigenvalue weighted by Gasteiger charge is -2.44. The van der Waals surface area contributed by atoms with Crippen LogP contribution in [0.25, 0.3) is 0 Å². The number of nitrogens with zero attached hydrogens (tertiary/aromatic N) is 4. The molecule has 0 saturated carbocycles. The first-order valence-electron chi connectivity index (χ1n) is 8.86. The van der Waals surface area contributed by atoms with Gasteiger partial charge in [-0.25, -0.2) is 4.68 Å². The molecule has 3 atom stereocenters. The van der Waals surface area contributed by atoms with Crippen LogP contribution in [0, 0.1) is 5.92 Å². The second-order valence-electron chi connectivity index (χ2n) is 7.38. The SMILES string of the molecule is CC(C)C[C@@H]1NC(=O)[C@@H]2C[C@@H](n3nnc(C(N)=O)c3C(N)=O)CCN2C1=O. The van der Waals surface area contributed by atoms with Gasteiger partial charge >= 0.3 is 0 Å². The first-order valence-corrected chi connectivity index (χ1v) is 8.86. The number of piperazine rings is 1. The van der Waals surface area contributed by atoms with Gasteiger partial charge in [-0.1, -0.05) is 19.1 Å². The monoisotopic (exact) mass is 377 g/mol. The van der Waals surface area contributed by atoms with E-state index in [1.807, 2.05) is 13.8 Å². The second-order valence-corrected chi connectivity index (χ2v) is 7.38. The summed E-state index contributed by atoms with van der Waals surface area (Å²) in [4.78, 5) is 50.1. The molecule has 146 valence electrons. The van der Waals surface area contributed by atoms with E-state index >= 15 is 0 Å². The van der Waals surface area contributed by atoms with Crippen molar-refractivity contribution in [2.24, 2.45) is 17.4 Å². The van der Waals surface area contributed by atoms with Gasteiger partial charge in [0.25, 0.3) is 11.8 Å². The van der Waals surface area contributed by atoms with Gasteiger partial charge in [0.1, 0.15) is 12.1 Å². The molecule has 5 N–H and O–H groups in total. The molecular formula is C16H23N7O4. The van der Waals surface area contributed by atoms with Crippen molar-refractivity contribution in [3.63, 3.8) is 0 Å². The van der Waals surface area contributed by atoms with Gasteiger partial charge in [-0.2, -0.15) is 0 Å². The van der Waals surface area contributed by atoms with E-state index in [1.165, 1.54) is 4.68 Å². The highest BCUT2D eigenvalue weighted by molar-refractivity contribution is 6.03. The van der Waals surface area contributed by atoms with E-state index in [9.17, 15) is 19.2 Å². The third-order valence-corrected chi connectivity index (χ3v) is 4.99. The van der Waals surface area contributed by atoms with Crippen molar-refractivity contribution >= 4 is 23.6 Å². The summed E-state index contributed by atoms with van der Waals surface area (Å²) in [5.74, 6) is -1.85. The van der Waals surface area contributed by atoms with Crippen molar-refractivity contribution in [1.29, 1.82) is 0 Å². The summed E-state index contributed by atoms with van der Waals surface area (Å²) in [5.41, 5.74) is 10.1. The Bertz CT molecular complexity index is 803. The first-order chi connectivity index (χ1) is 12.7. The number of carbonyl (C=O) groups excluding carboxylic acids is 4. The molecule has 2 aliphatic rings. The number of fused-ring (bicyclic) bond motifs is 1. The molecule has 11 nitrogen and oxygen atoms in total. The van der Waals surface area contributed by atoms with E-state index in [2.05, 4.69) is 15.6 Å². The zero-order valence-corrected chi connectivity index (χ0v) is 15.2. The molecule has 2 saturated heterocycles. The van der Waals surface area contributed by atoms with Gasteiger partial charge in [-0.3, -0.25) is 19.2 Å². The van der Waals surface area contributed by atoms with Crippen molar-refractivity contribution in [3.8, 4) is 0 Å². The zero-order valence-electron chi connectivity index (χ0n) is 15.2. The zero-order chi connectivity index (χ0) is 19.9. The number of nitrogens with two attached hydrogens (primary N) is 2. The minimum Gasteiger partial charge on any atom is -0.364 e. The summed E-state index contributed by atoms with van der Waals surface area (Å²) in [6.45, 7) is 4.31. The third kappa shape index (κ3) is 3.36. The van der Waals surface area contributed by atoms with Crippen molar-refractivity contribution in [2.45, 2.75) is 51.2 Å². The number of primary amides is 2. The Kier molecular flexibility index (Phi) is 4.85. The van der Waals surface area contributed by atoms with Gasteiger partial charge < -0.3 is 21.7 Å². The van der Waals surface area contributed by atoms with E-state index in [1.54, 1.807) is 4.90 Å². The van der Waals surface area contributed by atoms with Crippen LogP contribution in [0.2, 0.25) is 0 Å². The van der Waals surface area contributed by atoms with E-state index in [0.717, 1.165) is 0 Å². The van der Waals surface area contributed by atoms with Crippen LogP contribution in [0.15, 0.2) is 0 Å². The molecule has 0 radical (unpaired) electrons. The minimum absolute atomic E-state index is 0.0988. The molecule has 0 aromatic carbocycles. The maximum Gasteiger partial charge on any atom is 0.271 e.